The molecule has 0 aliphatic carbocycles. The molecule has 3 aromatic rings. The summed E-state index contributed by atoms with van der Waals surface area (Å²) in [7, 11) is 1.75. The molecule has 1 heterocycles. The van der Waals surface area contributed by atoms with Gasteiger partial charge in [-0.15, -0.1) is 0 Å². The molecule has 1 unspecified atom stereocenters. The number of halogens is 1. The number of nitrogens with one attached hydrogen (secondary N) is 2. The Hall–Kier alpha value is -3.68. The van der Waals surface area contributed by atoms with Gasteiger partial charge in [-0.05, 0) is 18.6 Å². The van der Waals surface area contributed by atoms with E-state index in [4.69, 9.17) is 4.74 Å². The maximum absolute atomic E-state index is 14.4. The van der Waals surface area contributed by atoms with Crippen molar-refractivity contribution in [3.05, 3.63) is 89.8 Å². The van der Waals surface area contributed by atoms with Crippen LogP contribution in [0.3, 0.4) is 0 Å². The molecular formula is C22H23FN4O3. The van der Waals surface area contributed by atoms with Crippen LogP contribution >= 0.6 is 0 Å². The van der Waals surface area contributed by atoms with E-state index in [0.717, 1.165) is 5.56 Å². The fourth-order valence-electron chi connectivity index (χ4n) is 2.92. The van der Waals surface area contributed by atoms with Crippen LogP contribution in [0.2, 0.25) is 0 Å². The Morgan fingerprint density at radius 1 is 1.10 bits per heavy atom. The predicted molar refractivity (Wildman–Crippen MR) is 109 cm³/mol. The van der Waals surface area contributed by atoms with Gasteiger partial charge in [-0.25, -0.2) is 14.2 Å². The molecule has 3 rings (SSSR count). The van der Waals surface area contributed by atoms with E-state index in [-0.39, 0.29) is 12.2 Å². The van der Waals surface area contributed by atoms with Gasteiger partial charge in [0.15, 0.2) is 0 Å². The lowest BCUT2D eigenvalue weighted by Gasteiger charge is -2.22. The molecule has 0 saturated carbocycles. The third-order valence-electron chi connectivity index (χ3n) is 4.56. The Kier molecular flexibility index (Phi) is 6.79. The molecule has 0 aliphatic heterocycles. The number of carbonyl (C=O) groups is 2. The fourth-order valence-corrected chi connectivity index (χ4v) is 2.92. The zero-order valence-corrected chi connectivity index (χ0v) is 16.7. The first-order valence-corrected chi connectivity index (χ1v) is 9.45. The summed E-state index contributed by atoms with van der Waals surface area (Å²) in [6.07, 6.45) is 2.55. The molecule has 0 radical (unpaired) electrons. The predicted octanol–water partition coefficient (Wildman–Crippen LogP) is 3.08. The first-order valence-electron chi connectivity index (χ1n) is 9.45. The maximum atomic E-state index is 14.4. The summed E-state index contributed by atoms with van der Waals surface area (Å²) < 4.78 is 21.2. The van der Waals surface area contributed by atoms with Crippen molar-refractivity contribution in [2.75, 3.05) is 0 Å². The number of carbonyl (C=O) groups excluding carboxylic acids is 2. The van der Waals surface area contributed by atoms with Gasteiger partial charge < -0.3 is 19.9 Å². The topological polar surface area (TPSA) is 85.2 Å². The van der Waals surface area contributed by atoms with Gasteiger partial charge in [-0.3, -0.25) is 4.79 Å². The molecule has 2 amide bonds. The fraction of sp³-hybridized carbons (Fsp3) is 0.227. The molecule has 7 nitrogen and oxygen atoms in total. The second-order valence-corrected chi connectivity index (χ2v) is 6.79. The average Bonchev–Trinajstić information content (AvgIpc) is 3.17. The lowest BCUT2D eigenvalue weighted by atomic mass is 10.0. The van der Waals surface area contributed by atoms with E-state index < -0.39 is 29.9 Å². The number of alkyl carbamates (subject to hydrolysis) is 1. The summed E-state index contributed by atoms with van der Waals surface area (Å²) in [5.74, 6) is -0.496. The number of benzene rings is 2. The van der Waals surface area contributed by atoms with Crippen LogP contribution in [-0.2, 0) is 23.2 Å². The monoisotopic (exact) mass is 410 g/mol. The van der Waals surface area contributed by atoms with E-state index in [9.17, 15) is 14.0 Å². The van der Waals surface area contributed by atoms with Gasteiger partial charge in [0.1, 0.15) is 30.3 Å². The number of rotatable bonds is 7. The molecule has 0 aliphatic rings. The van der Waals surface area contributed by atoms with Gasteiger partial charge in [0.25, 0.3) is 0 Å². The lowest BCUT2D eigenvalue weighted by Crippen LogP contribution is -2.46. The van der Waals surface area contributed by atoms with Gasteiger partial charge in [-0.2, -0.15) is 0 Å². The highest BCUT2D eigenvalue weighted by Gasteiger charge is 2.26. The van der Waals surface area contributed by atoms with Gasteiger partial charge in [0, 0.05) is 25.0 Å². The Bertz CT molecular complexity index is 1010. The quantitative estimate of drug-likeness (QED) is 0.627. The Balaban J connectivity index is 1.66. The SMILES string of the molecule is C[C@H](NC(=O)OCc1ccccc1)C(=O)NC(c1ccccc1F)c1nccn1C. The minimum Gasteiger partial charge on any atom is -0.445 e. The molecule has 1 aromatic heterocycles. The van der Waals surface area contributed by atoms with Crippen molar-refractivity contribution in [1.29, 1.82) is 0 Å². The summed E-state index contributed by atoms with van der Waals surface area (Å²) in [6, 6.07) is 13.6. The van der Waals surface area contributed by atoms with Crippen LogP contribution in [0.5, 0.6) is 0 Å². The normalized spacial score (nSPS) is 12.6. The molecule has 156 valence electrons. The van der Waals surface area contributed by atoms with Gasteiger partial charge in [0.2, 0.25) is 5.91 Å². The standard InChI is InChI=1S/C22H23FN4O3/c1-15(25-22(29)30-14-16-8-4-3-5-9-16)21(28)26-19(20-24-12-13-27(20)2)17-10-6-7-11-18(17)23/h3-13,15,19H,14H2,1-2H3,(H,25,29)(H,26,28)/t15-,19?/m0/s1. The van der Waals surface area contributed by atoms with Crippen LogP contribution in [0.4, 0.5) is 9.18 Å². The number of hydrogen-bond donors (Lipinski definition) is 2. The Morgan fingerprint density at radius 3 is 2.47 bits per heavy atom. The zero-order valence-electron chi connectivity index (χ0n) is 16.7. The number of nitrogens with zero attached hydrogens (tertiary/aromatic N) is 2. The van der Waals surface area contributed by atoms with Crippen molar-refractivity contribution >= 4 is 12.0 Å². The van der Waals surface area contributed by atoms with Crippen molar-refractivity contribution in [2.45, 2.75) is 25.6 Å². The van der Waals surface area contributed by atoms with Crippen LogP contribution in [0, 0.1) is 5.82 Å². The van der Waals surface area contributed by atoms with Crippen LogP contribution in [0.1, 0.15) is 29.9 Å². The number of aryl methyl sites for hydroxylation is 1. The zero-order chi connectivity index (χ0) is 21.5. The summed E-state index contributed by atoms with van der Waals surface area (Å²) in [6.45, 7) is 1.61. The third kappa shape index (κ3) is 5.22. The summed E-state index contributed by atoms with van der Waals surface area (Å²) >= 11 is 0. The highest BCUT2D eigenvalue weighted by molar-refractivity contribution is 5.85. The van der Waals surface area contributed by atoms with Crippen LogP contribution < -0.4 is 10.6 Å². The second-order valence-electron chi connectivity index (χ2n) is 6.79. The van der Waals surface area contributed by atoms with Gasteiger partial charge in [0.05, 0.1) is 0 Å². The second kappa shape index (κ2) is 9.69. The highest BCUT2D eigenvalue weighted by Crippen LogP contribution is 2.23. The molecule has 30 heavy (non-hydrogen) atoms. The highest BCUT2D eigenvalue weighted by atomic mass is 19.1. The summed E-state index contributed by atoms with van der Waals surface area (Å²) in [5, 5.41) is 5.25. The van der Waals surface area contributed by atoms with E-state index in [2.05, 4.69) is 15.6 Å². The van der Waals surface area contributed by atoms with Crippen molar-refractivity contribution in [3.8, 4) is 0 Å². The molecule has 2 atom stereocenters. The van der Waals surface area contributed by atoms with Crippen molar-refractivity contribution in [3.63, 3.8) is 0 Å². The number of imidazole rings is 1. The van der Waals surface area contributed by atoms with Crippen molar-refractivity contribution in [2.24, 2.45) is 7.05 Å². The summed E-state index contributed by atoms with van der Waals surface area (Å²) in [4.78, 5) is 29.0. The maximum Gasteiger partial charge on any atom is 0.408 e. The van der Waals surface area contributed by atoms with Crippen LogP contribution in [0.25, 0.3) is 0 Å². The van der Waals surface area contributed by atoms with Crippen molar-refractivity contribution in [1.82, 2.24) is 20.2 Å². The summed E-state index contributed by atoms with van der Waals surface area (Å²) in [5.41, 5.74) is 1.11. The number of hydrogen-bond acceptors (Lipinski definition) is 4. The Labute approximate surface area is 173 Å². The third-order valence-corrected chi connectivity index (χ3v) is 4.56. The number of aromatic nitrogens is 2. The lowest BCUT2D eigenvalue weighted by molar-refractivity contribution is -0.123. The van der Waals surface area contributed by atoms with Gasteiger partial charge >= 0.3 is 6.09 Å². The number of amides is 2. The molecule has 0 saturated heterocycles. The molecular weight excluding hydrogens is 387 g/mol. The average molecular weight is 410 g/mol. The molecule has 0 fully saturated rings. The largest absolute Gasteiger partial charge is 0.445 e. The first-order chi connectivity index (χ1) is 14.5. The first kappa shape index (κ1) is 21.0. The van der Waals surface area contributed by atoms with E-state index in [1.54, 1.807) is 42.2 Å². The van der Waals surface area contributed by atoms with Crippen molar-refractivity contribution < 1.29 is 18.7 Å². The molecule has 0 spiro atoms. The van der Waals surface area contributed by atoms with Gasteiger partial charge in [-0.1, -0.05) is 48.5 Å². The van der Waals surface area contributed by atoms with Crippen LogP contribution in [-0.4, -0.2) is 27.6 Å². The van der Waals surface area contributed by atoms with E-state index in [0.29, 0.717) is 5.82 Å². The molecule has 0 bridgehead atoms. The molecule has 2 N–H and O–H groups in total. The molecule has 2 aromatic carbocycles. The smallest absolute Gasteiger partial charge is 0.408 e. The molecule has 8 heteroatoms. The van der Waals surface area contributed by atoms with E-state index in [1.807, 2.05) is 30.3 Å². The van der Waals surface area contributed by atoms with E-state index in [1.165, 1.54) is 13.0 Å². The Morgan fingerprint density at radius 2 is 1.80 bits per heavy atom. The minimum atomic E-state index is -0.900. The minimum absolute atomic E-state index is 0.0894. The number of ether oxygens (including phenoxy) is 1. The van der Waals surface area contributed by atoms with Crippen LogP contribution in [0.15, 0.2) is 67.0 Å². The van der Waals surface area contributed by atoms with E-state index >= 15 is 0 Å².